The summed E-state index contributed by atoms with van der Waals surface area (Å²) in [5.41, 5.74) is -2.67. The van der Waals surface area contributed by atoms with Crippen molar-refractivity contribution in [3.05, 3.63) is 47.5 Å². The Morgan fingerprint density at radius 2 is 1.51 bits per heavy atom. The highest BCUT2D eigenvalue weighted by Crippen LogP contribution is 2.32. The van der Waals surface area contributed by atoms with Gasteiger partial charge in [-0.3, -0.25) is 9.59 Å². The summed E-state index contributed by atoms with van der Waals surface area (Å²) in [5, 5.41) is 49.4. The molecule has 0 saturated carbocycles. The van der Waals surface area contributed by atoms with Crippen molar-refractivity contribution in [2.24, 2.45) is 5.92 Å². The van der Waals surface area contributed by atoms with E-state index in [1.54, 1.807) is 6.92 Å². The SMILES string of the molecule is C[C@@H](CCCCNC(=O)c1cc(B(O)O)cc(S(=N)(=O)c2cc(B(O)O)cc(C(F)(F)F)c2)c1)C(=O)O. The minimum Gasteiger partial charge on any atom is -0.481 e. The first-order valence-electron chi connectivity index (χ1n) is 10.9. The molecule has 0 aliphatic heterocycles. The van der Waals surface area contributed by atoms with Crippen molar-refractivity contribution in [2.45, 2.75) is 42.2 Å². The molecular formula is C21H25B2F3N2O8S. The number of carboxylic acid groups (broad SMARTS) is 1. The number of carboxylic acids is 1. The molecule has 0 aliphatic carbocycles. The number of aliphatic carboxylic acids is 1. The third-order valence-corrected chi connectivity index (χ3v) is 7.28. The molecule has 37 heavy (non-hydrogen) atoms. The van der Waals surface area contributed by atoms with Crippen LogP contribution in [0.2, 0.25) is 0 Å². The van der Waals surface area contributed by atoms with Gasteiger partial charge in [-0.15, -0.1) is 0 Å². The summed E-state index contributed by atoms with van der Waals surface area (Å²) in [7, 11) is -8.85. The van der Waals surface area contributed by atoms with Gasteiger partial charge in [0.05, 0.1) is 21.3 Å². The Morgan fingerprint density at radius 3 is 2.03 bits per heavy atom. The first-order chi connectivity index (χ1) is 17.0. The van der Waals surface area contributed by atoms with Crippen molar-refractivity contribution in [2.75, 3.05) is 6.54 Å². The molecule has 0 aromatic heterocycles. The highest BCUT2D eigenvalue weighted by Gasteiger charge is 2.34. The van der Waals surface area contributed by atoms with Gasteiger partial charge >= 0.3 is 26.4 Å². The molecule has 0 spiro atoms. The maximum absolute atomic E-state index is 13.4. The lowest BCUT2D eigenvalue weighted by Crippen LogP contribution is -2.33. The van der Waals surface area contributed by atoms with Crippen LogP contribution in [0.25, 0.3) is 0 Å². The van der Waals surface area contributed by atoms with Crippen molar-refractivity contribution >= 4 is 46.8 Å². The zero-order valence-electron chi connectivity index (χ0n) is 19.5. The summed E-state index contributed by atoms with van der Waals surface area (Å²) in [6.45, 7) is 1.66. The van der Waals surface area contributed by atoms with Crippen LogP contribution in [0.15, 0.2) is 46.2 Å². The number of carbonyl (C=O) groups is 2. The molecule has 0 radical (unpaired) electrons. The Labute approximate surface area is 211 Å². The zero-order valence-corrected chi connectivity index (χ0v) is 20.3. The van der Waals surface area contributed by atoms with Crippen LogP contribution < -0.4 is 16.2 Å². The molecule has 1 amide bonds. The first kappa shape index (κ1) is 30.3. The highest BCUT2D eigenvalue weighted by molar-refractivity contribution is 7.92. The number of alkyl halides is 3. The van der Waals surface area contributed by atoms with Gasteiger partial charge in [0.2, 0.25) is 0 Å². The monoisotopic (exact) mass is 544 g/mol. The molecule has 0 aliphatic rings. The van der Waals surface area contributed by atoms with Crippen LogP contribution >= 0.6 is 0 Å². The van der Waals surface area contributed by atoms with Crippen LogP contribution in [0.5, 0.6) is 0 Å². The van der Waals surface area contributed by atoms with Gasteiger partial charge < -0.3 is 30.5 Å². The summed E-state index contributed by atoms with van der Waals surface area (Å²) in [4.78, 5) is 22.2. The predicted octanol–water partition coefficient (Wildman–Crippen LogP) is 0.151. The van der Waals surface area contributed by atoms with E-state index in [0.29, 0.717) is 31.4 Å². The Balaban J connectivity index is 2.40. The molecule has 200 valence electrons. The second-order valence-electron chi connectivity index (χ2n) is 8.37. The minimum atomic E-state index is -4.97. The van der Waals surface area contributed by atoms with Gasteiger partial charge in [-0.1, -0.05) is 19.4 Å². The average molecular weight is 544 g/mol. The maximum atomic E-state index is 13.4. The van der Waals surface area contributed by atoms with E-state index in [4.69, 9.17) is 9.89 Å². The largest absolute Gasteiger partial charge is 0.488 e. The Kier molecular flexibility index (Phi) is 9.91. The van der Waals surface area contributed by atoms with E-state index in [1.807, 2.05) is 0 Å². The second-order valence-corrected chi connectivity index (χ2v) is 10.4. The highest BCUT2D eigenvalue weighted by atomic mass is 32.2. The van der Waals surface area contributed by atoms with E-state index < -0.39 is 68.8 Å². The molecule has 2 rings (SSSR count). The molecule has 7 N–H and O–H groups in total. The minimum absolute atomic E-state index is 0.119. The standard InChI is InChI=1S/C21H25B2F3N2O8S/c1-12(20(30)31)4-2-3-5-28-19(29)13-6-15(22(32)33)10-17(7-13)37(27,36)18-9-14(21(24,25)26)8-16(11-18)23(34)35/h6-12,27,32-35H,2-5H2,1H3,(H,28,29)(H,30,31)/t12-,37?/m0/s1. The predicted molar refractivity (Wildman–Crippen MR) is 128 cm³/mol. The molecule has 2 atom stereocenters. The smallest absolute Gasteiger partial charge is 0.481 e. The molecule has 0 bridgehead atoms. The topological polar surface area (TPSA) is 188 Å². The van der Waals surface area contributed by atoms with E-state index in [-0.39, 0.29) is 17.6 Å². The van der Waals surface area contributed by atoms with E-state index in [0.717, 1.165) is 24.3 Å². The van der Waals surface area contributed by atoms with Crippen LogP contribution in [-0.4, -0.2) is 62.1 Å². The number of nitrogens with one attached hydrogen (secondary N) is 2. The summed E-state index contributed by atoms with van der Waals surface area (Å²) in [5.74, 6) is -2.27. The van der Waals surface area contributed by atoms with E-state index in [9.17, 15) is 47.1 Å². The molecule has 0 fully saturated rings. The van der Waals surface area contributed by atoms with Crippen LogP contribution in [0.1, 0.15) is 42.1 Å². The lowest BCUT2D eigenvalue weighted by Gasteiger charge is -2.16. The summed E-state index contributed by atoms with van der Waals surface area (Å²) >= 11 is 0. The van der Waals surface area contributed by atoms with Crippen molar-refractivity contribution in [3.63, 3.8) is 0 Å². The van der Waals surface area contributed by atoms with Gasteiger partial charge in [-0.05, 0) is 54.1 Å². The van der Waals surface area contributed by atoms with Gasteiger partial charge in [0.25, 0.3) is 5.91 Å². The molecule has 1 unspecified atom stereocenters. The maximum Gasteiger partial charge on any atom is 0.488 e. The van der Waals surface area contributed by atoms with Gasteiger partial charge in [-0.2, -0.15) is 13.2 Å². The fourth-order valence-electron chi connectivity index (χ4n) is 3.31. The van der Waals surface area contributed by atoms with E-state index in [2.05, 4.69) is 5.32 Å². The van der Waals surface area contributed by atoms with Crippen molar-refractivity contribution in [3.8, 4) is 0 Å². The summed E-state index contributed by atoms with van der Waals surface area (Å²) in [6, 6.07) is 4.46. The molecule has 16 heteroatoms. The molecular weight excluding hydrogens is 519 g/mol. The lowest BCUT2D eigenvalue weighted by atomic mass is 9.79. The first-order valence-corrected chi connectivity index (χ1v) is 12.5. The third-order valence-electron chi connectivity index (χ3n) is 5.48. The summed E-state index contributed by atoms with van der Waals surface area (Å²) in [6.07, 6.45) is -3.68. The van der Waals surface area contributed by atoms with Gasteiger partial charge in [-0.25, -0.2) is 8.99 Å². The average Bonchev–Trinajstić information content (AvgIpc) is 2.82. The second kappa shape index (κ2) is 12.1. The Bertz CT molecular complexity index is 1260. The third kappa shape index (κ3) is 8.04. The number of benzene rings is 2. The number of halogens is 3. The number of hydrogen-bond acceptors (Lipinski definition) is 8. The fourth-order valence-corrected chi connectivity index (χ4v) is 4.77. The number of hydrogen-bond donors (Lipinski definition) is 7. The zero-order chi connectivity index (χ0) is 28.1. The molecule has 10 nitrogen and oxygen atoms in total. The summed E-state index contributed by atoms with van der Waals surface area (Å²) < 4.78 is 61.7. The van der Waals surface area contributed by atoms with Crippen LogP contribution in [0.3, 0.4) is 0 Å². The van der Waals surface area contributed by atoms with Crippen molar-refractivity contribution < 1.29 is 52.2 Å². The van der Waals surface area contributed by atoms with Gasteiger partial charge in [0, 0.05) is 12.1 Å². The Morgan fingerprint density at radius 1 is 0.973 bits per heavy atom. The lowest BCUT2D eigenvalue weighted by molar-refractivity contribution is -0.141. The molecule has 2 aromatic rings. The number of unbranched alkanes of at least 4 members (excludes halogenated alkanes) is 1. The van der Waals surface area contributed by atoms with E-state index >= 15 is 0 Å². The van der Waals surface area contributed by atoms with Gasteiger partial charge in [0.1, 0.15) is 9.73 Å². The Hall–Kier alpha value is -2.91. The van der Waals surface area contributed by atoms with E-state index in [1.165, 1.54) is 0 Å². The number of rotatable bonds is 11. The fraction of sp³-hybridized carbons (Fsp3) is 0.333. The number of carbonyl (C=O) groups excluding carboxylic acids is 1. The molecule has 0 heterocycles. The molecule has 0 saturated heterocycles. The number of amides is 1. The van der Waals surface area contributed by atoms with Crippen molar-refractivity contribution in [1.29, 1.82) is 4.78 Å². The van der Waals surface area contributed by atoms with Crippen molar-refractivity contribution in [1.82, 2.24) is 5.32 Å². The van der Waals surface area contributed by atoms with Gasteiger partial charge in [0.15, 0.2) is 0 Å². The quantitative estimate of drug-likeness (QED) is 0.154. The normalized spacial score (nSPS) is 13.9. The van der Waals surface area contributed by atoms with Crippen LogP contribution in [-0.2, 0) is 20.7 Å². The van der Waals surface area contributed by atoms with Crippen LogP contribution in [0, 0.1) is 10.7 Å². The molecule has 2 aromatic carbocycles. The van der Waals surface area contributed by atoms with Crippen LogP contribution in [0.4, 0.5) is 13.2 Å².